The molecule has 0 spiro atoms. The SMILES string of the molecule is C/C=C(\C)[C@H]1OC(=O)[C@@H](C)NC(=O)[C@H](C(C)CC)NC(=O)CN(C)C(=O)[C@@H](Cc2ccccc2)N(C)C(=O)[C@H](C)NC(=O)[C@@H](CC(C)C)OC(=O)/C(C)=C/C[C@H](OC(=O)NCCCCCOP(=O)(O)OP(=O)(O)OCCCCCN)[C@@H]1C. The van der Waals surface area contributed by atoms with E-state index < -0.39 is 124 Å². The molecule has 11 atom stereocenters. The molecule has 82 heavy (non-hydrogen) atoms. The summed E-state index contributed by atoms with van der Waals surface area (Å²) in [7, 11) is -7.09. The summed E-state index contributed by atoms with van der Waals surface area (Å²) in [5.74, 6) is -6.71. The molecule has 1 aliphatic heterocycles. The van der Waals surface area contributed by atoms with Crippen LogP contribution in [0.3, 0.4) is 0 Å². The van der Waals surface area contributed by atoms with Gasteiger partial charge in [-0.1, -0.05) is 83.5 Å². The van der Waals surface area contributed by atoms with Crippen LogP contribution >= 0.6 is 15.6 Å². The van der Waals surface area contributed by atoms with Gasteiger partial charge in [0.25, 0.3) is 5.91 Å². The lowest BCUT2D eigenvalue weighted by Crippen LogP contribution is -2.57. The Morgan fingerprint density at radius 2 is 1.45 bits per heavy atom. The number of rotatable bonds is 23. The number of benzene rings is 1. The Labute approximate surface area is 483 Å². The number of alkyl carbamates (subject to hydrolysis) is 1. The highest BCUT2D eigenvalue weighted by Gasteiger charge is 2.39. The van der Waals surface area contributed by atoms with Gasteiger partial charge in [-0.15, -0.1) is 0 Å². The van der Waals surface area contributed by atoms with Crippen molar-refractivity contribution in [3.8, 4) is 0 Å². The van der Waals surface area contributed by atoms with Gasteiger partial charge in [-0.2, -0.15) is 4.31 Å². The molecule has 0 aromatic heterocycles. The van der Waals surface area contributed by atoms with Crippen molar-refractivity contribution in [3.63, 3.8) is 0 Å². The number of amides is 6. The van der Waals surface area contributed by atoms with Crippen LogP contribution in [0.1, 0.15) is 133 Å². The molecule has 6 amide bonds. The first-order valence-electron chi connectivity index (χ1n) is 27.9. The predicted octanol–water partition coefficient (Wildman–Crippen LogP) is 5.52. The van der Waals surface area contributed by atoms with Crippen LogP contribution in [0.2, 0.25) is 0 Å². The second-order valence-electron chi connectivity index (χ2n) is 21.1. The molecule has 464 valence electrons. The molecule has 27 heteroatoms. The van der Waals surface area contributed by atoms with Crippen molar-refractivity contribution < 1.29 is 84.8 Å². The van der Waals surface area contributed by atoms with Crippen molar-refractivity contribution in [1.82, 2.24) is 31.1 Å². The van der Waals surface area contributed by atoms with Crippen LogP contribution in [0.15, 0.2) is 53.6 Å². The summed E-state index contributed by atoms with van der Waals surface area (Å²) in [6, 6.07) is 4.03. The Kier molecular flexibility index (Phi) is 32.1. The van der Waals surface area contributed by atoms with Crippen LogP contribution in [-0.2, 0) is 76.7 Å². The van der Waals surface area contributed by atoms with Crippen LogP contribution in [0, 0.1) is 17.8 Å². The second-order valence-corrected chi connectivity index (χ2v) is 24.1. The van der Waals surface area contributed by atoms with E-state index in [1.165, 1.54) is 45.8 Å². The van der Waals surface area contributed by atoms with E-state index in [0.29, 0.717) is 56.2 Å². The Morgan fingerprint density at radius 3 is 2.02 bits per heavy atom. The number of carbonyl (C=O) groups is 8. The fourth-order valence-electron chi connectivity index (χ4n) is 8.43. The highest BCUT2D eigenvalue weighted by molar-refractivity contribution is 7.61. The number of nitrogens with zero attached hydrogens (tertiary/aromatic N) is 2. The first-order valence-corrected chi connectivity index (χ1v) is 30.9. The molecule has 0 radical (unpaired) electrons. The average Bonchev–Trinajstić information content (AvgIpc) is 3.54. The molecular weight excluding hydrogens is 1110 g/mol. The zero-order valence-corrected chi connectivity index (χ0v) is 51.5. The van der Waals surface area contributed by atoms with E-state index in [4.69, 9.17) is 29.0 Å². The Morgan fingerprint density at radius 1 is 0.854 bits per heavy atom. The van der Waals surface area contributed by atoms with Gasteiger partial charge in [-0.25, -0.2) is 23.5 Å². The highest BCUT2D eigenvalue weighted by atomic mass is 31.3. The zero-order valence-electron chi connectivity index (χ0n) is 49.7. The van der Waals surface area contributed by atoms with Crippen molar-refractivity contribution in [3.05, 3.63) is 59.2 Å². The monoisotopic (exact) mass is 1200 g/mol. The normalized spacial score (nSPS) is 25.5. The van der Waals surface area contributed by atoms with Crippen LogP contribution in [0.4, 0.5) is 4.79 Å². The van der Waals surface area contributed by atoms with Crippen molar-refractivity contribution >= 4 is 63.2 Å². The molecule has 0 saturated heterocycles. The number of esters is 2. The highest BCUT2D eigenvalue weighted by Crippen LogP contribution is 2.60. The third-order valence-electron chi connectivity index (χ3n) is 13.7. The molecule has 3 unspecified atom stereocenters. The number of nitrogens with two attached hydrogens (primary N) is 1. The first-order chi connectivity index (χ1) is 38.5. The number of nitrogens with one attached hydrogen (secondary N) is 4. The van der Waals surface area contributed by atoms with Gasteiger partial charge in [0.2, 0.25) is 23.6 Å². The van der Waals surface area contributed by atoms with E-state index in [2.05, 4.69) is 25.6 Å². The minimum atomic E-state index is -4.98. The topological polar surface area (TPSA) is 347 Å². The largest absolute Gasteiger partial charge is 0.481 e. The van der Waals surface area contributed by atoms with Gasteiger partial charge in [0.05, 0.1) is 19.8 Å². The number of hydrogen-bond acceptors (Lipinski definition) is 17. The minimum absolute atomic E-state index is 0.0164. The summed E-state index contributed by atoms with van der Waals surface area (Å²) in [6.07, 6.45) is 1.49. The number of carbonyl (C=O) groups excluding carboxylic acids is 8. The van der Waals surface area contributed by atoms with Gasteiger partial charge in [-0.05, 0) is 109 Å². The van der Waals surface area contributed by atoms with Crippen molar-refractivity contribution in [2.24, 2.45) is 23.5 Å². The molecule has 0 fully saturated rings. The minimum Gasteiger partial charge on any atom is -0.456 e. The molecule has 25 nitrogen and oxygen atoms in total. The summed E-state index contributed by atoms with van der Waals surface area (Å²) in [6.45, 7) is 15.9. The van der Waals surface area contributed by atoms with Crippen LogP contribution < -0.4 is 27.0 Å². The van der Waals surface area contributed by atoms with E-state index >= 15 is 0 Å². The third kappa shape index (κ3) is 26.0. The molecule has 0 bridgehead atoms. The molecule has 2 rings (SSSR count). The number of cyclic esters (lactones) is 2. The summed E-state index contributed by atoms with van der Waals surface area (Å²) in [5.41, 5.74) is 6.67. The lowest BCUT2D eigenvalue weighted by Gasteiger charge is -2.33. The van der Waals surface area contributed by atoms with Gasteiger partial charge < -0.3 is 60.8 Å². The summed E-state index contributed by atoms with van der Waals surface area (Å²) in [5, 5.41) is 10.7. The van der Waals surface area contributed by atoms with Gasteiger partial charge in [0.1, 0.15) is 36.4 Å². The second kappa shape index (κ2) is 36.2. The molecule has 8 N–H and O–H groups in total. The Balaban J connectivity index is 2.51. The van der Waals surface area contributed by atoms with Crippen LogP contribution in [0.5, 0.6) is 0 Å². The van der Waals surface area contributed by atoms with Crippen molar-refractivity contribution in [1.29, 1.82) is 0 Å². The number of ether oxygens (including phenoxy) is 3. The quantitative estimate of drug-likeness (QED) is 0.0233. The van der Waals surface area contributed by atoms with Crippen molar-refractivity contribution in [2.45, 2.75) is 176 Å². The molecule has 1 heterocycles. The molecule has 1 aliphatic rings. The van der Waals surface area contributed by atoms with E-state index in [1.54, 1.807) is 64.1 Å². The molecule has 1 aromatic carbocycles. The van der Waals surface area contributed by atoms with E-state index in [-0.39, 0.29) is 56.9 Å². The fraction of sp³-hybridized carbons (Fsp3) is 0.673. The summed E-state index contributed by atoms with van der Waals surface area (Å²) >= 11 is 0. The number of allylic oxidation sites excluding steroid dienone is 1. The maximum absolute atomic E-state index is 14.3. The number of phosphoric acid groups is 2. The average molecular weight is 1200 g/mol. The molecular formula is C55H91N7O18P2. The Bertz CT molecular complexity index is 2430. The van der Waals surface area contributed by atoms with E-state index in [1.807, 2.05) is 20.8 Å². The number of unbranched alkanes of at least 4 members (excludes halogenated alkanes) is 4. The number of likely N-dealkylation sites (N-methyl/N-ethyl adjacent to an activating group) is 2. The standard InChI is InChI=1S/C55H91N7O18P2/c1-13-36(5)47-50(65)59-41(10)54(69)79-48(37(6)14-2)39(8)44(78-55(70)57-29-21-17-23-31-76-82(73,74)80-81(71,72)75-30-22-16-20-28-56)27-26-38(7)53(68)77-45(32-35(3)4)49(64)58-40(9)51(66)62(12)43(33-42-24-18-15-19-25-42)52(67)61(11)34-46(63)60-47/h14-15,18-19,24-26,35-36,39-41,43-45,47-48H,13,16-17,20-23,27-34,56H2,1-12H3,(H,57,70)(H,58,64)(H,59,65)(H,60,63)(H,71,72)(H,73,74)/b37-14+,38-26+/t36?,39-,40-,41+,43+,44-,45+,47-,48+/m0/s1. The number of phosphoric ester groups is 2. The molecule has 1 aromatic rings. The maximum atomic E-state index is 14.3. The smallest absolute Gasteiger partial charge is 0.456 e. The van der Waals surface area contributed by atoms with Gasteiger partial charge >= 0.3 is 33.7 Å². The predicted molar refractivity (Wildman–Crippen MR) is 305 cm³/mol. The summed E-state index contributed by atoms with van der Waals surface area (Å²) < 4.78 is 56.2. The Hall–Kier alpha value is -5.52. The van der Waals surface area contributed by atoms with E-state index in [9.17, 15) is 57.3 Å². The van der Waals surface area contributed by atoms with Crippen LogP contribution in [0.25, 0.3) is 0 Å². The lowest BCUT2D eigenvalue weighted by atomic mass is 9.90. The first kappa shape index (κ1) is 72.6. The van der Waals surface area contributed by atoms with Crippen molar-refractivity contribution in [2.75, 3.05) is 46.9 Å². The van der Waals surface area contributed by atoms with E-state index in [0.717, 1.165) is 4.90 Å². The van der Waals surface area contributed by atoms with Crippen LogP contribution in [-0.4, -0.2) is 157 Å². The maximum Gasteiger partial charge on any atom is 0.481 e. The lowest BCUT2D eigenvalue weighted by molar-refractivity contribution is -0.155. The summed E-state index contributed by atoms with van der Waals surface area (Å²) in [4.78, 5) is 134. The molecule has 0 aliphatic carbocycles. The molecule has 0 saturated carbocycles. The van der Waals surface area contributed by atoms with Gasteiger partial charge in [-0.3, -0.25) is 33.0 Å². The number of hydrogen-bond donors (Lipinski definition) is 7. The van der Waals surface area contributed by atoms with Gasteiger partial charge in [0.15, 0.2) is 6.10 Å². The fourth-order valence-corrected chi connectivity index (χ4v) is 10.6. The zero-order chi connectivity index (χ0) is 61.9. The third-order valence-corrected chi connectivity index (χ3v) is 16.4. The van der Waals surface area contributed by atoms with Gasteiger partial charge in [0, 0.05) is 45.0 Å².